The SMILES string of the molecule is CCOC(=O)[C@H](C)NP(=O)(OCc1cnc([N+](=O)[O-])n1C)OC[C@H]1O[C@@H](n2cnc(N)nc2=O)C(F)C1O. The fourth-order valence-corrected chi connectivity index (χ4v) is 4.77. The van der Waals surface area contributed by atoms with Crippen molar-refractivity contribution in [2.45, 2.75) is 51.1 Å². The van der Waals surface area contributed by atoms with E-state index in [-0.39, 0.29) is 18.2 Å². The summed E-state index contributed by atoms with van der Waals surface area (Å²) in [7, 11) is -3.11. The smallest absolute Gasteiger partial charge is 0.434 e. The number of esters is 1. The average Bonchev–Trinajstić information content (AvgIpc) is 3.36. The van der Waals surface area contributed by atoms with Crippen LogP contribution in [0.3, 0.4) is 0 Å². The van der Waals surface area contributed by atoms with Gasteiger partial charge in [-0.25, -0.2) is 28.4 Å². The number of nitrogen functional groups attached to an aromatic ring is 1. The topological polar surface area (TPSA) is 238 Å². The zero-order valence-electron chi connectivity index (χ0n) is 20.4. The predicted octanol–water partition coefficient (Wildman–Crippen LogP) is -0.659. The lowest BCUT2D eigenvalue weighted by Crippen LogP contribution is -2.36. The number of aliphatic hydroxyl groups is 1. The van der Waals surface area contributed by atoms with E-state index in [0.29, 0.717) is 4.57 Å². The minimum atomic E-state index is -4.44. The van der Waals surface area contributed by atoms with E-state index in [9.17, 15) is 33.8 Å². The molecule has 1 saturated heterocycles. The molecule has 1 aliphatic heterocycles. The molecule has 3 heterocycles. The van der Waals surface area contributed by atoms with Gasteiger partial charge in [-0.1, -0.05) is 4.98 Å². The minimum Gasteiger partial charge on any atom is -0.465 e. The highest BCUT2D eigenvalue weighted by atomic mass is 31.2. The van der Waals surface area contributed by atoms with Gasteiger partial charge in [0.15, 0.2) is 12.4 Å². The van der Waals surface area contributed by atoms with Gasteiger partial charge in [-0.2, -0.15) is 4.98 Å². The maximum Gasteiger partial charge on any atom is 0.434 e. The van der Waals surface area contributed by atoms with Crippen molar-refractivity contribution in [1.29, 1.82) is 0 Å². The average molecular weight is 564 g/mol. The van der Waals surface area contributed by atoms with Crippen LogP contribution in [0.5, 0.6) is 0 Å². The first kappa shape index (κ1) is 29.2. The third kappa shape index (κ3) is 6.55. The van der Waals surface area contributed by atoms with Crippen molar-refractivity contribution >= 4 is 25.6 Å². The number of nitrogens with zero attached hydrogens (tertiary/aromatic N) is 6. The molecule has 210 valence electrons. The van der Waals surface area contributed by atoms with Crippen LogP contribution >= 0.6 is 7.75 Å². The molecule has 0 aromatic carbocycles. The Hall–Kier alpha value is -3.35. The molecule has 0 saturated carbocycles. The molecule has 18 nitrogen and oxygen atoms in total. The van der Waals surface area contributed by atoms with Crippen molar-refractivity contribution in [3.8, 4) is 0 Å². The van der Waals surface area contributed by atoms with Crippen molar-refractivity contribution < 1.29 is 42.3 Å². The molecule has 4 N–H and O–H groups in total. The van der Waals surface area contributed by atoms with Crippen molar-refractivity contribution in [3.05, 3.63) is 38.8 Å². The fraction of sp³-hybridized carbons (Fsp3) is 0.611. The molecule has 1 fully saturated rings. The van der Waals surface area contributed by atoms with Gasteiger partial charge in [-0.15, -0.1) is 0 Å². The van der Waals surface area contributed by atoms with Crippen molar-refractivity contribution in [2.75, 3.05) is 18.9 Å². The van der Waals surface area contributed by atoms with E-state index < -0.39 is 74.1 Å². The third-order valence-electron chi connectivity index (χ3n) is 5.32. The van der Waals surface area contributed by atoms with Crippen molar-refractivity contribution in [1.82, 2.24) is 29.2 Å². The summed E-state index contributed by atoms with van der Waals surface area (Å²) in [6.45, 7) is 1.66. The van der Waals surface area contributed by atoms with E-state index in [0.717, 1.165) is 17.1 Å². The molecule has 38 heavy (non-hydrogen) atoms. The summed E-state index contributed by atoms with van der Waals surface area (Å²) in [5.41, 5.74) is 4.47. The second kappa shape index (κ2) is 12.0. The summed E-state index contributed by atoms with van der Waals surface area (Å²) in [5.74, 6) is -1.64. The molecule has 2 aromatic rings. The number of nitrogens with two attached hydrogens (primary N) is 1. The Bertz CT molecular complexity index is 1270. The number of aromatic nitrogens is 5. The van der Waals surface area contributed by atoms with E-state index >= 15 is 0 Å². The van der Waals surface area contributed by atoms with Crippen LogP contribution in [0.25, 0.3) is 0 Å². The van der Waals surface area contributed by atoms with Crippen LogP contribution in [0.1, 0.15) is 25.8 Å². The van der Waals surface area contributed by atoms with Crippen LogP contribution in [0.4, 0.5) is 16.3 Å². The molecule has 3 rings (SSSR count). The highest BCUT2D eigenvalue weighted by Crippen LogP contribution is 2.46. The number of nitrogens with one attached hydrogen (secondary N) is 1. The highest BCUT2D eigenvalue weighted by molar-refractivity contribution is 7.51. The van der Waals surface area contributed by atoms with Gasteiger partial charge in [0, 0.05) is 0 Å². The Kier molecular flexibility index (Phi) is 9.23. The zero-order valence-corrected chi connectivity index (χ0v) is 21.3. The number of halogens is 1. The largest absolute Gasteiger partial charge is 0.465 e. The molecule has 0 radical (unpaired) electrons. The van der Waals surface area contributed by atoms with Crippen LogP contribution in [-0.2, 0) is 41.5 Å². The quantitative estimate of drug-likeness (QED) is 0.125. The normalized spacial score (nSPS) is 23.6. The number of rotatable bonds is 12. The summed E-state index contributed by atoms with van der Waals surface area (Å²) in [4.78, 5) is 45.0. The lowest BCUT2D eigenvalue weighted by molar-refractivity contribution is -0.396. The molecule has 1 aliphatic rings. The van der Waals surface area contributed by atoms with Crippen molar-refractivity contribution in [3.63, 3.8) is 0 Å². The lowest BCUT2D eigenvalue weighted by Gasteiger charge is -2.24. The molecule has 20 heteroatoms. The van der Waals surface area contributed by atoms with E-state index in [1.165, 1.54) is 14.0 Å². The summed E-state index contributed by atoms with van der Waals surface area (Å²) < 4.78 is 51.0. The van der Waals surface area contributed by atoms with Crippen LogP contribution in [0.2, 0.25) is 0 Å². The molecular weight excluding hydrogens is 538 g/mol. The number of carbonyl (C=O) groups excluding carboxylic acids is 1. The van der Waals surface area contributed by atoms with Gasteiger partial charge < -0.3 is 30.4 Å². The Balaban J connectivity index is 1.76. The van der Waals surface area contributed by atoms with E-state index in [2.05, 4.69) is 20.0 Å². The molecule has 0 bridgehead atoms. The fourth-order valence-electron chi connectivity index (χ4n) is 3.32. The van der Waals surface area contributed by atoms with Crippen LogP contribution in [0.15, 0.2) is 17.3 Å². The molecule has 0 spiro atoms. The van der Waals surface area contributed by atoms with E-state index in [4.69, 9.17) is 24.3 Å². The van der Waals surface area contributed by atoms with Crippen molar-refractivity contribution in [2.24, 2.45) is 7.05 Å². The zero-order chi connectivity index (χ0) is 28.2. The number of hydrogen-bond donors (Lipinski definition) is 3. The summed E-state index contributed by atoms with van der Waals surface area (Å²) >= 11 is 0. The second-order valence-electron chi connectivity index (χ2n) is 7.94. The first-order valence-corrected chi connectivity index (χ1v) is 12.6. The number of carbonyl (C=O) groups is 1. The Labute approximate surface area is 213 Å². The highest BCUT2D eigenvalue weighted by Gasteiger charge is 2.47. The summed E-state index contributed by atoms with van der Waals surface area (Å²) in [5, 5.41) is 23.7. The van der Waals surface area contributed by atoms with Gasteiger partial charge in [0.2, 0.25) is 5.95 Å². The number of anilines is 1. The summed E-state index contributed by atoms with van der Waals surface area (Å²) in [6.07, 6.45) is -5.05. The Morgan fingerprint density at radius 1 is 1.45 bits per heavy atom. The number of nitro groups is 1. The molecule has 0 aliphatic carbocycles. The van der Waals surface area contributed by atoms with Crippen LogP contribution in [-0.4, -0.2) is 77.7 Å². The number of aliphatic hydroxyl groups excluding tert-OH is 1. The van der Waals surface area contributed by atoms with Gasteiger partial charge in [0.1, 0.15) is 43.1 Å². The molecule has 3 unspecified atom stereocenters. The van der Waals surface area contributed by atoms with Gasteiger partial charge in [0.25, 0.3) is 0 Å². The molecule has 2 aromatic heterocycles. The summed E-state index contributed by atoms with van der Waals surface area (Å²) in [6, 6.07) is -1.21. The van der Waals surface area contributed by atoms with Gasteiger partial charge >= 0.3 is 25.4 Å². The van der Waals surface area contributed by atoms with Gasteiger partial charge in [0.05, 0.1) is 20.3 Å². The van der Waals surface area contributed by atoms with Gasteiger partial charge in [-0.3, -0.25) is 18.4 Å². The van der Waals surface area contributed by atoms with E-state index in [1.807, 2.05) is 0 Å². The number of ether oxygens (including phenoxy) is 2. The van der Waals surface area contributed by atoms with Crippen LogP contribution < -0.4 is 16.5 Å². The first-order valence-electron chi connectivity index (χ1n) is 11.0. The monoisotopic (exact) mass is 564 g/mol. The maximum absolute atomic E-state index is 14.8. The number of alkyl halides is 1. The third-order valence-corrected chi connectivity index (χ3v) is 6.98. The van der Waals surface area contributed by atoms with Gasteiger partial charge in [-0.05, 0) is 18.8 Å². The standard InChI is InChI=1S/C18H26FN8O10P/c1-4-34-15(29)9(2)24-38(33,35-6-10-5-21-17(25(10)3)27(31)32)36-7-11-13(28)12(19)14(37-11)26-8-22-16(20)23-18(26)30/h5,8-9,11-14,28H,4,6-7H2,1-3H3,(H,24,33)(H2,20,23,30)/t9-,11+,12?,13?,14+,38?/m0/s1. The first-order chi connectivity index (χ1) is 17.9. The molecule has 6 atom stereocenters. The Morgan fingerprint density at radius 2 is 2.16 bits per heavy atom. The number of hydrogen-bond acceptors (Lipinski definition) is 14. The lowest BCUT2D eigenvalue weighted by atomic mass is 10.1. The Morgan fingerprint density at radius 3 is 2.76 bits per heavy atom. The number of imidazole rings is 1. The van der Waals surface area contributed by atoms with E-state index in [1.54, 1.807) is 6.92 Å². The minimum absolute atomic E-state index is 0.0329. The van der Waals surface area contributed by atoms with Crippen LogP contribution in [0, 0.1) is 10.1 Å². The predicted molar refractivity (Wildman–Crippen MR) is 123 cm³/mol. The molecular formula is C18H26FN8O10P. The second-order valence-corrected chi connectivity index (χ2v) is 9.71. The molecule has 0 amide bonds. The maximum atomic E-state index is 14.8.